The Hall–Kier alpha value is -0.610. The van der Waals surface area contributed by atoms with Crippen LogP contribution in [0.2, 0.25) is 0 Å². The third-order valence-electron chi connectivity index (χ3n) is 4.18. The summed E-state index contributed by atoms with van der Waals surface area (Å²) in [7, 11) is 0. The quantitative estimate of drug-likeness (QED) is 0.599. The SMILES string of the molecule is CCCC(C)(CN(CC)CCCN(CC)CC)C(=O)O. The first-order chi connectivity index (χ1) is 9.43. The second-order valence-electron chi connectivity index (χ2n) is 5.87. The fourth-order valence-electron chi connectivity index (χ4n) is 2.71. The van der Waals surface area contributed by atoms with Crippen LogP contribution in [-0.2, 0) is 4.79 Å². The van der Waals surface area contributed by atoms with Crippen molar-refractivity contribution in [2.24, 2.45) is 5.41 Å². The first kappa shape index (κ1) is 19.4. The van der Waals surface area contributed by atoms with E-state index in [1.165, 1.54) is 0 Å². The van der Waals surface area contributed by atoms with Gasteiger partial charge in [-0.1, -0.05) is 34.1 Å². The zero-order valence-electron chi connectivity index (χ0n) is 14.1. The van der Waals surface area contributed by atoms with Gasteiger partial charge in [0.15, 0.2) is 0 Å². The fraction of sp³-hybridized carbons (Fsp3) is 0.938. The standard InChI is InChI=1S/C16H34N2O2/c1-6-11-16(5,15(19)20)14-18(9-4)13-10-12-17(7-2)8-3/h6-14H2,1-5H3,(H,19,20). The summed E-state index contributed by atoms with van der Waals surface area (Å²) in [6.45, 7) is 16.3. The van der Waals surface area contributed by atoms with Crippen molar-refractivity contribution in [3.63, 3.8) is 0 Å². The molecule has 120 valence electrons. The molecule has 0 spiro atoms. The van der Waals surface area contributed by atoms with Crippen molar-refractivity contribution in [1.82, 2.24) is 9.80 Å². The second kappa shape index (κ2) is 10.2. The van der Waals surface area contributed by atoms with Crippen LogP contribution < -0.4 is 0 Å². The van der Waals surface area contributed by atoms with E-state index < -0.39 is 11.4 Å². The molecular formula is C16H34N2O2. The second-order valence-corrected chi connectivity index (χ2v) is 5.87. The van der Waals surface area contributed by atoms with Gasteiger partial charge in [-0.15, -0.1) is 0 Å². The van der Waals surface area contributed by atoms with E-state index in [0.29, 0.717) is 6.54 Å². The Balaban J connectivity index is 4.34. The highest BCUT2D eigenvalue weighted by atomic mass is 16.4. The lowest BCUT2D eigenvalue weighted by molar-refractivity contribution is -0.149. The fourth-order valence-corrected chi connectivity index (χ4v) is 2.71. The Labute approximate surface area is 125 Å². The number of hydrogen-bond donors (Lipinski definition) is 1. The minimum Gasteiger partial charge on any atom is -0.481 e. The van der Waals surface area contributed by atoms with Gasteiger partial charge in [-0.3, -0.25) is 4.79 Å². The average Bonchev–Trinajstić information content (AvgIpc) is 2.42. The molecule has 0 amide bonds. The maximum atomic E-state index is 11.5. The van der Waals surface area contributed by atoms with E-state index >= 15 is 0 Å². The molecule has 0 aliphatic carbocycles. The molecule has 4 heteroatoms. The third kappa shape index (κ3) is 6.71. The molecule has 0 heterocycles. The lowest BCUT2D eigenvalue weighted by atomic mass is 9.85. The number of hydrogen-bond acceptors (Lipinski definition) is 3. The summed E-state index contributed by atoms with van der Waals surface area (Å²) in [4.78, 5) is 16.2. The summed E-state index contributed by atoms with van der Waals surface area (Å²) >= 11 is 0. The van der Waals surface area contributed by atoms with E-state index in [9.17, 15) is 9.90 Å². The molecule has 0 fully saturated rings. The van der Waals surface area contributed by atoms with Crippen LogP contribution in [0.25, 0.3) is 0 Å². The zero-order chi connectivity index (χ0) is 15.6. The van der Waals surface area contributed by atoms with Crippen molar-refractivity contribution in [2.45, 2.75) is 53.9 Å². The summed E-state index contributed by atoms with van der Waals surface area (Å²) in [5.74, 6) is -0.665. The smallest absolute Gasteiger partial charge is 0.310 e. The zero-order valence-corrected chi connectivity index (χ0v) is 14.1. The molecule has 1 N–H and O–H groups in total. The Bertz CT molecular complexity index is 267. The highest BCUT2D eigenvalue weighted by molar-refractivity contribution is 5.74. The Morgan fingerprint density at radius 2 is 1.50 bits per heavy atom. The van der Waals surface area contributed by atoms with Crippen LogP contribution in [0.3, 0.4) is 0 Å². The molecule has 1 unspecified atom stereocenters. The maximum absolute atomic E-state index is 11.5. The van der Waals surface area contributed by atoms with E-state index in [1.54, 1.807) is 0 Å². The Kier molecular flexibility index (Phi) is 9.86. The van der Waals surface area contributed by atoms with E-state index in [0.717, 1.165) is 52.0 Å². The topological polar surface area (TPSA) is 43.8 Å². The lowest BCUT2D eigenvalue weighted by Crippen LogP contribution is -2.42. The van der Waals surface area contributed by atoms with E-state index in [4.69, 9.17) is 0 Å². The van der Waals surface area contributed by atoms with Crippen molar-refractivity contribution in [3.05, 3.63) is 0 Å². The molecule has 0 aromatic carbocycles. The number of aliphatic carboxylic acids is 1. The van der Waals surface area contributed by atoms with Crippen molar-refractivity contribution in [3.8, 4) is 0 Å². The van der Waals surface area contributed by atoms with Crippen molar-refractivity contribution >= 4 is 5.97 Å². The van der Waals surface area contributed by atoms with E-state index in [-0.39, 0.29) is 0 Å². The monoisotopic (exact) mass is 286 g/mol. The van der Waals surface area contributed by atoms with E-state index in [2.05, 4.69) is 37.5 Å². The van der Waals surface area contributed by atoms with Gasteiger partial charge in [-0.2, -0.15) is 0 Å². The van der Waals surface area contributed by atoms with Crippen LogP contribution in [0, 0.1) is 5.41 Å². The van der Waals surface area contributed by atoms with Gasteiger partial charge in [0.2, 0.25) is 0 Å². The molecule has 0 aromatic heterocycles. The normalized spacial score (nSPS) is 14.8. The van der Waals surface area contributed by atoms with Crippen LogP contribution in [-0.4, -0.2) is 60.1 Å². The minimum atomic E-state index is -0.665. The third-order valence-corrected chi connectivity index (χ3v) is 4.18. The summed E-state index contributed by atoms with van der Waals surface area (Å²) in [5.41, 5.74) is -0.611. The van der Waals surface area contributed by atoms with E-state index in [1.807, 2.05) is 6.92 Å². The van der Waals surface area contributed by atoms with Crippen molar-refractivity contribution in [1.29, 1.82) is 0 Å². The van der Waals surface area contributed by atoms with Crippen molar-refractivity contribution < 1.29 is 9.90 Å². The van der Waals surface area contributed by atoms with Gasteiger partial charge in [0.1, 0.15) is 0 Å². The molecule has 0 aliphatic rings. The molecule has 0 saturated carbocycles. The molecule has 0 saturated heterocycles. The molecule has 0 rings (SSSR count). The summed E-state index contributed by atoms with van der Waals surface area (Å²) in [6.07, 6.45) is 2.77. The first-order valence-corrected chi connectivity index (χ1v) is 8.11. The van der Waals surface area contributed by atoms with Gasteiger partial charge >= 0.3 is 5.97 Å². The van der Waals surface area contributed by atoms with Gasteiger partial charge in [-0.05, 0) is 52.5 Å². The minimum absolute atomic E-state index is 0.611. The molecule has 0 radical (unpaired) electrons. The van der Waals surface area contributed by atoms with Gasteiger partial charge in [0, 0.05) is 6.54 Å². The average molecular weight is 286 g/mol. The maximum Gasteiger partial charge on any atom is 0.310 e. The van der Waals surface area contributed by atoms with Gasteiger partial charge < -0.3 is 14.9 Å². The first-order valence-electron chi connectivity index (χ1n) is 8.11. The number of nitrogens with zero attached hydrogens (tertiary/aromatic N) is 2. The summed E-state index contributed by atoms with van der Waals surface area (Å²) < 4.78 is 0. The number of carboxylic acids is 1. The molecule has 0 aliphatic heterocycles. The van der Waals surface area contributed by atoms with Crippen LogP contribution in [0.15, 0.2) is 0 Å². The molecule has 1 atom stereocenters. The van der Waals surface area contributed by atoms with Crippen LogP contribution in [0.4, 0.5) is 0 Å². The van der Waals surface area contributed by atoms with Gasteiger partial charge in [0.25, 0.3) is 0 Å². The van der Waals surface area contributed by atoms with Gasteiger partial charge in [0.05, 0.1) is 5.41 Å². The predicted molar refractivity (Wildman–Crippen MR) is 85.2 cm³/mol. The van der Waals surface area contributed by atoms with Crippen LogP contribution in [0.5, 0.6) is 0 Å². The molecule has 4 nitrogen and oxygen atoms in total. The lowest BCUT2D eigenvalue weighted by Gasteiger charge is -2.32. The molecule has 20 heavy (non-hydrogen) atoms. The number of carboxylic acid groups (broad SMARTS) is 1. The predicted octanol–water partition coefficient (Wildman–Crippen LogP) is 2.93. The number of carbonyl (C=O) groups is 1. The van der Waals surface area contributed by atoms with Crippen LogP contribution in [0.1, 0.15) is 53.9 Å². The highest BCUT2D eigenvalue weighted by Gasteiger charge is 2.33. The molecular weight excluding hydrogens is 252 g/mol. The van der Waals surface area contributed by atoms with Gasteiger partial charge in [-0.25, -0.2) is 0 Å². The highest BCUT2D eigenvalue weighted by Crippen LogP contribution is 2.25. The Morgan fingerprint density at radius 3 is 1.90 bits per heavy atom. The van der Waals surface area contributed by atoms with Crippen molar-refractivity contribution in [2.75, 3.05) is 39.3 Å². The summed E-state index contributed by atoms with van der Waals surface area (Å²) in [6, 6.07) is 0. The molecule has 0 aromatic rings. The summed E-state index contributed by atoms with van der Waals surface area (Å²) in [5, 5.41) is 9.46. The largest absolute Gasteiger partial charge is 0.481 e. The Morgan fingerprint density at radius 1 is 1.00 bits per heavy atom. The number of rotatable bonds is 12. The molecule has 0 bridgehead atoms. The van der Waals surface area contributed by atoms with Crippen LogP contribution >= 0.6 is 0 Å².